The molecule has 0 spiro atoms. The molecule has 1 N–H and O–H groups in total. The lowest BCUT2D eigenvalue weighted by molar-refractivity contribution is -0.0150. The van der Waals surface area contributed by atoms with Crippen molar-refractivity contribution in [3.05, 3.63) is 59.9 Å². The third-order valence-corrected chi connectivity index (χ3v) is 4.97. The number of benzene rings is 1. The Morgan fingerprint density at radius 3 is 2.90 bits per heavy atom. The first kappa shape index (κ1) is 21.2. The summed E-state index contributed by atoms with van der Waals surface area (Å²) >= 11 is 0. The zero-order valence-corrected chi connectivity index (χ0v) is 16.8. The number of aromatic nitrogens is 1. The van der Waals surface area contributed by atoms with E-state index in [1.807, 2.05) is 13.0 Å². The SMILES string of the molecule is CCOc1cnc(C=CC(=O)c2ccccc2)cc1OC1CCCOP(=O)(O)O1. The maximum atomic E-state index is 12.2. The van der Waals surface area contributed by atoms with Gasteiger partial charge in [0, 0.05) is 18.1 Å². The van der Waals surface area contributed by atoms with Crippen LogP contribution in [0.4, 0.5) is 0 Å². The molecule has 154 valence electrons. The molecule has 0 saturated carbocycles. The highest BCUT2D eigenvalue weighted by Crippen LogP contribution is 2.47. The largest absolute Gasteiger partial charge is 0.488 e. The fraction of sp³-hybridized carbons (Fsp3) is 0.300. The summed E-state index contributed by atoms with van der Waals surface area (Å²) in [5, 5.41) is 0. The third kappa shape index (κ3) is 6.24. The van der Waals surface area contributed by atoms with E-state index in [9.17, 15) is 14.3 Å². The standard InChI is InChI=1S/C20H22NO7P/c1-2-25-19-14-21-16(10-11-17(22)15-7-4-3-5-8-15)13-18(19)27-20-9-6-12-26-29(23,24)28-20/h3-5,7-8,10-11,13-14,20H,2,6,9,12H2,1H3,(H,23,24). The number of phosphoric ester groups is 1. The molecule has 1 aliphatic rings. The van der Waals surface area contributed by atoms with Crippen LogP contribution in [0.5, 0.6) is 11.5 Å². The van der Waals surface area contributed by atoms with Crippen LogP contribution in [0.2, 0.25) is 0 Å². The molecule has 29 heavy (non-hydrogen) atoms. The van der Waals surface area contributed by atoms with E-state index in [0.29, 0.717) is 42.2 Å². The van der Waals surface area contributed by atoms with E-state index in [2.05, 4.69) is 4.98 Å². The highest BCUT2D eigenvalue weighted by Gasteiger charge is 2.31. The summed E-state index contributed by atoms with van der Waals surface area (Å²) in [6, 6.07) is 10.5. The first-order valence-corrected chi connectivity index (χ1v) is 10.7. The number of ether oxygens (including phenoxy) is 2. The van der Waals surface area contributed by atoms with Gasteiger partial charge in [0.25, 0.3) is 0 Å². The van der Waals surface area contributed by atoms with Crippen molar-refractivity contribution in [1.82, 2.24) is 4.98 Å². The molecule has 2 heterocycles. The summed E-state index contributed by atoms with van der Waals surface area (Å²) in [6.45, 7) is 2.30. The van der Waals surface area contributed by atoms with Gasteiger partial charge in [0.1, 0.15) is 0 Å². The van der Waals surface area contributed by atoms with Crippen LogP contribution in [0.15, 0.2) is 48.7 Å². The summed E-state index contributed by atoms with van der Waals surface area (Å²) in [5.74, 6) is 0.496. The van der Waals surface area contributed by atoms with Gasteiger partial charge in [-0.3, -0.25) is 14.3 Å². The van der Waals surface area contributed by atoms with Gasteiger partial charge in [-0.2, -0.15) is 0 Å². The van der Waals surface area contributed by atoms with Crippen molar-refractivity contribution in [2.75, 3.05) is 13.2 Å². The molecule has 1 aromatic carbocycles. The minimum atomic E-state index is -4.17. The molecule has 1 aliphatic heterocycles. The number of rotatable bonds is 7. The van der Waals surface area contributed by atoms with Gasteiger partial charge in [0.15, 0.2) is 17.3 Å². The Bertz CT molecular complexity index is 916. The number of nitrogens with zero attached hydrogens (tertiary/aromatic N) is 1. The Hall–Kier alpha value is -2.51. The summed E-state index contributed by atoms with van der Waals surface area (Å²) in [6.07, 6.45) is 4.35. The minimum absolute atomic E-state index is 0.109. The van der Waals surface area contributed by atoms with Crippen LogP contribution in [-0.4, -0.2) is 35.2 Å². The van der Waals surface area contributed by atoms with Crippen molar-refractivity contribution in [3.8, 4) is 11.5 Å². The van der Waals surface area contributed by atoms with Crippen LogP contribution in [0.25, 0.3) is 6.08 Å². The first-order chi connectivity index (χ1) is 14.0. The Morgan fingerprint density at radius 1 is 1.34 bits per heavy atom. The molecule has 8 nitrogen and oxygen atoms in total. The normalized spacial score (nSPS) is 22.2. The topological polar surface area (TPSA) is 104 Å². The molecule has 1 fully saturated rings. The Kier molecular flexibility index (Phi) is 7.17. The summed E-state index contributed by atoms with van der Waals surface area (Å²) in [4.78, 5) is 26.1. The maximum absolute atomic E-state index is 12.2. The van der Waals surface area contributed by atoms with Crippen LogP contribution in [0, 0.1) is 0 Å². The van der Waals surface area contributed by atoms with Crippen LogP contribution >= 0.6 is 7.82 Å². The average Bonchev–Trinajstić information content (AvgIpc) is 2.88. The van der Waals surface area contributed by atoms with Gasteiger partial charge < -0.3 is 14.4 Å². The van der Waals surface area contributed by atoms with Crippen molar-refractivity contribution >= 4 is 19.7 Å². The number of hydrogen-bond donors (Lipinski definition) is 1. The molecule has 1 aromatic heterocycles. The summed E-state index contributed by atoms with van der Waals surface area (Å²) < 4.78 is 32.9. The zero-order valence-electron chi connectivity index (χ0n) is 15.9. The highest BCUT2D eigenvalue weighted by atomic mass is 31.2. The van der Waals surface area contributed by atoms with Gasteiger partial charge in [-0.25, -0.2) is 9.09 Å². The van der Waals surface area contributed by atoms with Gasteiger partial charge in [-0.05, 0) is 25.5 Å². The van der Waals surface area contributed by atoms with E-state index < -0.39 is 14.1 Å². The Balaban J connectivity index is 1.79. The number of phosphoric acid groups is 1. The number of ketones is 1. The lowest BCUT2D eigenvalue weighted by Gasteiger charge is -2.20. The van der Waals surface area contributed by atoms with Crippen molar-refractivity contribution in [1.29, 1.82) is 0 Å². The number of carbonyl (C=O) groups excluding carboxylic acids is 1. The zero-order chi connectivity index (χ0) is 20.7. The fourth-order valence-electron chi connectivity index (χ4n) is 2.63. The number of pyridine rings is 1. The maximum Gasteiger partial charge on any atom is 0.475 e. The molecule has 3 rings (SSSR count). The predicted octanol–water partition coefficient (Wildman–Crippen LogP) is 4.01. The molecular formula is C20H22NO7P. The second-order valence-corrected chi connectivity index (χ2v) is 7.56. The molecule has 9 heteroatoms. The lowest BCUT2D eigenvalue weighted by atomic mass is 10.1. The Morgan fingerprint density at radius 2 is 2.14 bits per heavy atom. The molecular weight excluding hydrogens is 397 g/mol. The van der Waals surface area contributed by atoms with Gasteiger partial charge in [-0.1, -0.05) is 30.3 Å². The van der Waals surface area contributed by atoms with Crippen LogP contribution in [0.3, 0.4) is 0 Å². The van der Waals surface area contributed by atoms with Crippen LogP contribution in [0.1, 0.15) is 35.8 Å². The Labute approximate surface area is 168 Å². The molecule has 2 unspecified atom stereocenters. The van der Waals surface area contributed by atoms with E-state index in [0.717, 1.165) is 0 Å². The monoisotopic (exact) mass is 419 g/mol. The van der Waals surface area contributed by atoms with E-state index in [-0.39, 0.29) is 12.4 Å². The number of carbonyl (C=O) groups is 1. The minimum Gasteiger partial charge on any atom is -0.488 e. The van der Waals surface area contributed by atoms with Gasteiger partial charge in [-0.15, -0.1) is 0 Å². The molecule has 0 aliphatic carbocycles. The van der Waals surface area contributed by atoms with E-state index in [1.54, 1.807) is 36.4 Å². The second kappa shape index (κ2) is 9.80. The molecule has 2 atom stereocenters. The molecule has 0 amide bonds. The molecule has 2 aromatic rings. The number of hydrogen-bond acceptors (Lipinski definition) is 7. The van der Waals surface area contributed by atoms with Gasteiger partial charge >= 0.3 is 7.82 Å². The first-order valence-electron chi connectivity index (χ1n) is 9.19. The third-order valence-electron chi connectivity index (χ3n) is 3.96. The van der Waals surface area contributed by atoms with E-state index in [1.165, 1.54) is 12.3 Å². The highest BCUT2D eigenvalue weighted by molar-refractivity contribution is 7.47. The van der Waals surface area contributed by atoms with E-state index in [4.69, 9.17) is 18.5 Å². The van der Waals surface area contributed by atoms with Crippen LogP contribution in [-0.2, 0) is 13.6 Å². The average molecular weight is 419 g/mol. The van der Waals surface area contributed by atoms with Crippen molar-refractivity contribution < 1.29 is 32.8 Å². The number of allylic oxidation sites excluding steroid dienone is 1. The lowest BCUT2D eigenvalue weighted by Crippen LogP contribution is -2.18. The van der Waals surface area contributed by atoms with Crippen molar-refractivity contribution in [3.63, 3.8) is 0 Å². The van der Waals surface area contributed by atoms with Crippen molar-refractivity contribution in [2.24, 2.45) is 0 Å². The smallest absolute Gasteiger partial charge is 0.475 e. The quantitative estimate of drug-likeness (QED) is 0.408. The fourth-order valence-corrected chi connectivity index (χ4v) is 3.50. The van der Waals surface area contributed by atoms with Gasteiger partial charge in [0.2, 0.25) is 6.29 Å². The second-order valence-electron chi connectivity index (χ2n) is 6.15. The molecule has 1 saturated heterocycles. The van der Waals surface area contributed by atoms with Gasteiger partial charge in [0.05, 0.1) is 25.1 Å². The van der Waals surface area contributed by atoms with Crippen LogP contribution < -0.4 is 9.47 Å². The van der Waals surface area contributed by atoms with E-state index >= 15 is 0 Å². The molecule has 0 bridgehead atoms. The summed E-state index contributed by atoms with van der Waals surface area (Å²) in [7, 11) is -4.17. The molecule has 0 radical (unpaired) electrons. The predicted molar refractivity (Wildman–Crippen MR) is 106 cm³/mol. The van der Waals surface area contributed by atoms with Crippen molar-refractivity contribution in [2.45, 2.75) is 26.1 Å². The summed E-state index contributed by atoms with van der Waals surface area (Å²) in [5.41, 5.74) is 1.03.